The first-order valence-electron chi connectivity index (χ1n) is 8.18. The molecule has 0 aliphatic heterocycles. The second kappa shape index (κ2) is 10.6. The Bertz CT molecular complexity index is 596. The molecule has 0 bridgehead atoms. The second-order valence-electron chi connectivity index (χ2n) is 5.56. The molecule has 1 atom stereocenters. The molecule has 0 saturated heterocycles. The van der Waals surface area contributed by atoms with E-state index in [4.69, 9.17) is 4.74 Å². The lowest BCUT2D eigenvalue weighted by Gasteiger charge is -2.07. The Morgan fingerprint density at radius 3 is 2.35 bits per heavy atom. The molecule has 23 heavy (non-hydrogen) atoms. The van der Waals surface area contributed by atoms with E-state index >= 15 is 0 Å². The van der Waals surface area contributed by atoms with Crippen LogP contribution in [-0.4, -0.2) is 17.8 Å². The van der Waals surface area contributed by atoms with Gasteiger partial charge in [-0.1, -0.05) is 60.4 Å². The van der Waals surface area contributed by atoms with Gasteiger partial charge in [0.1, 0.15) is 0 Å². The first-order valence-corrected chi connectivity index (χ1v) is 8.18. The first kappa shape index (κ1) is 17.3. The molecule has 1 unspecified atom stereocenters. The van der Waals surface area contributed by atoms with E-state index in [1.54, 1.807) is 0 Å². The van der Waals surface area contributed by atoms with Crippen molar-refractivity contribution in [1.29, 1.82) is 0 Å². The number of aliphatic hydroxyl groups is 1. The maximum absolute atomic E-state index is 9.92. The van der Waals surface area contributed by atoms with E-state index in [1.807, 2.05) is 48.5 Å². The number of unbranched alkanes of at least 4 members (excludes halogenated alkanes) is 1. The molecule has 120 valence electrons. The molecule has 1 N–H and O–H groups in total. The third-order valence-electron chi connectivity index (χ3n) is 3.53. The van der Waals surface area contributed by atoms with Crippen molar-refractivity contribution < 1.29 is 9.84 Å². The van der Waals surface area contributed by atoms with Crippen LogP contribution in [0.4, 0.5) is 0 Å². The summed E-state index contributed by atoms with van der Waals surface area (Å²) >= 11 is 0. The topological polar surface area (TPSA) is 29.5 Å². The maximum Gasteiger partial charge on any atom is 0.0716 e. The summed E-state index contributed by atoms with van der Waals surface area (Å²) in [5, 5.41) is 9.92. The van der Waals surface area contributed by atoms with Crippen LogP contribution in [0, 0.1) is 11.8 Å². The highest BCUT2D eigenvalue weighted by molar-refractivity contribution is 5.33. The highest BCUT2D eigenvalue weighted by atomic mass is 16.5. The third kappa shape index (κ3) is 7.65. The van der Waals surface area contributed by atoms with Crippen LogP contribution < -0.4 is 0 Å². The molecule has 0 spiro atoms. The van der Waals surface area contributed by atoms with Gasteiger partial charge in [0.15, 0.2) is 0 Å². The Balaban J connectivity index is 1.52. The average molecular weight is 308 g/mol. The summed E-state index contributed by atoms with van der Waals surface area (Å²) in [6, 6.07) is 20.0. The Morgan fingerprint density at radius 1 is 0.913 bits per heavy atom. The fourth-order valence-corrected chi connectivity index (χ4v) is 2.24. The summed E-state index contributed by atoms with van der Waals surface area (Å²) in [5.41, 5.74) is 2.19. The van der Waals surface area contributed by atoms with Crippen LogP contribution in [0.1, 0.15) is 36.8 Å². The van der Waals surface area contributed by atoms with Crippen molar-refractivity contribution in [2.24, 2.45) is 0 Å². The van der Waals surface area contributed by atoms with Crippen molar-refractivity contribution in [3.05, 3.63) is 71.8 Å². The van der Waals surface area contributed by atoms with Gasteiger partial charge in [0.05, 0.1) is 12.7 Å². The van der Waals surface area contributed by atoms with Crippen LogP contribution in [-0.2, 0) is 11.3 Å². The average Bonchev–Trinajstić information content (AvgIpc) is 2.60. The zero-order valence-corrected chi connectivity index (χ0v) is 13.4. The standard InChI is InChI=1S/C21H24O2/c22-21(16-9-14-19-10-3-1-4-11-19)15-7-8-17-23-18-20-12-5-2-6-13-20/h1-6,10-13,21-22H,7-8,15-18H2. The van der Waals surface area contributed by atoms with Crippen molar-refractivity contribution in [2.75, 3.05) is 6.61 Å². The molecule has 2 nitrogen and oxygen atoms in total. The van der Waals surface area contributed by atoms with Gasteiger partial charge >= 0.3 is 0 Å². The van der Waals surface area contributed by atoms with E-state index in [1.165, 1.54) is 5.56 Å². The quantitative estimate of drug-likeness (QED) is 0.585. The van der Waals surface area contributed by atoms with E-state index in [9.17, 15) is 5.11 Å². The van der Waals surface area contributed by atoms with Gasteiger partial charge in [-0.25, -0.2) is 0 Å². The molecule has 0 fully saturated rings. The number of rotatable bonds is 8. The van der Waals surface area contributed by atoms with Crippen LogP contribution in [0.15, 0.2) is 60.7 Å². The van der Waals surface area contributed by atoms with Crippen molar-refractivity contribution in [3.63, 3.8) is 0 Å². The molecule has 0 aliphatic carbocycles. The first-order chi connectivity index (χ1) is 11.3. The van der Waals surface area contributed by atoms with Gasteiger partial charge in [-0.15, -0.1) is 0 Å². The largest absolute Gasteiger partial charge is 0.392 e. The molecular weight excluding hydrogens is 284 g/mol. The number of benzene rings is 2. The summed E-state index contributed by atoms with van der Waals surface area (Å²) in [7, 11) is 0. The van der Waals surface area contributed by atoms with E-state index in [2.05, 4.69) is 24.0 Å². The minimum Gasteiger partial charge on any atom is -0.392 e. The lowest BCUT2D eigenvalue weighted by molar-refractivity contribution is 0.110. The molecule has 0 amide bonds. The highest BCUT2D eigenvalue weighted by Crippen LogP contribution is 2.06. The summed E-state index contributed by atoms with van der Waals surface area (Å²) < 4.78 is 5.63. The Kier molecular flexibility index (Phi) is 7.97. The van der Waals surface area contributed by atoms with Crippen molar-refractivity contribution in [1.82, 2.24) is 0 Å². The van der Waals surface area contributed by atoms with Gasteiger partial charge in [0, 0.05) is 18.6 Å². The van der Waals surface area contributed by atoms with E-state index in [0.29, 0.717) is 13.0 Å². The maximum atomic E-state index is 9.92. The number of hydrogen-bond acceptors (Lipinski definition) is 2. The molecule has 0 aromatic heterocycles. The van der Waals surface area contributed by atoms with Crippen LogP contribution in [0.3, 0.4) is 0 Å². The predicted molar refractivity (Wildman–Crippen MR) is 93.9 cm³/mol. The van der Waals surface area contributed by atoms with Crippen LogP contribution in [0.2, 0.25) is 0 Å². The normalized spacial score (nSPS) is 11.5. The SMILES string of the molecule is OC(CC#Cc1ccccc1)CCCCOCc1ccccc1. The molecule has 0 radical (unpaired) electrons. The molecule has 2 rings (SSSR count). The summed E-state index contributed by atoms with van der Waals surface area (Å²) in [6.45, 7) is 1.39. The number of hydrogen-bond donors (Lipinski definition) is 1. The van der Waals surface area contributed by atoms with Crippen LogP contribution >= 0.6 is 0 Å². The number of aliphatic hydroxyl groups excluding tert-OH is 1. The fourth-order valence-electron chi connectivity index (χ4n) is 2.24. The zero-order valence-electron chi connectivity index (χ0n) is 13.4. The van der Waals surface area contributed by atoms with Gasteiger partial charge < -0.3 is 9.84 Å². The summed E-state index contributed by atoms with van der Waals surface area (Å²) in [5.74, 6) is 6.11. The highest BCUT2D eigenvalue weighted by Gasteiger charge is 2.01. The fraction of sp³-hybridized carbons (Fsp3) is 0.333. The van der Waals surface area contributed by atoms with Crippen LogP contribution in [0.5, 0.6) is 0 Å². The van der Waals surface area contributed by atoms with Gasteiger partial charge in [-0.05, 0) is 37.0 Å². The molecule has 0 aliphatic rings. The lowest BCUT2D eigenvalue weighted by atomic mass is 10.1. The lowest BCUT2D eigenvalue weighted by Crippen LogP contribution is -2.05. The van der Waals surface area contributed by atoms with Gasteiger partial charge in [-0.2, -0.15) is 0 Å². The zero-order chi connectivity index (χ0) is 16.2. The van der Waals surface area contributed by atoms with E-state index < -0.39 is 0 Å². The van der Waals surface area contributed by atoms with Gasteiger partial charge in [-0.3, -0.25) is 0 Å². The predicted octanol–water partition coefficient (Wildman–Crippen LogP) is 4.18. The Hall–Kier alpha value is -2.08. The van der Waals surface area contributed by atoms with E-state index in [-0.39, 0.29) is 6.10 Å². The molecule has 2 heteroatoms. The molecule has 2 aromatic rings. The molecular formula is C21H24O2. The Morgan fingerprint density at radius 2 is 1.61 bits per heavy atom. The molecule has 0 heterocycles. The van der Waals surface area contributed by atoms with Crippen molar-refractivity contribution in [3.8, 4) is 11.8 Å². The summed E-state index contributed by atoms with van der Waals surface area (Å²) in [6.07, 6.45) is 2.89. The minimum atomic E-state index is -0.347. The van der Waals surface area contributed by atoms with Gasteiger partial charge in [0.25, 0.3) is 0 Å². The van der Waals surface area contributed by atoms with Crippen molar-refractivity contribution >= 4 is 0 Å². The minimum absolute atomic E-state index is 0.347. The third-order valence-corrected chi connectivity index (χ3v) is 3.53. The van der Waals surface area contributed by atoms with Gasteiger partial charge in [0.2, 0.25) is 0 Å². The molecule has 0 saturated carbocycles. The second-order valence-corrected chi connectivity index (χ2v) is 5.56. The van der Waals surface area contributed by atoms with E-state index in [0.717, 1.165) is 31.4 Å². The molecule has 2 aromatic carbocycles. The monoisotopic (exact) mass is 308 g/mol. The Labute approximate surface area is 139 Å². The number of ether oxygens (including phenoxy) is 1. The van der Waals surface area contributed by atoms with Crippen LogP contribution in [0.25, 0.3) is 0 Å². The smallest absolute Gasteiger partial charge is 0.0716 e. The van der Waals surface area contributed by atoms with Crippen molar-refractivity contribution in [2.45, 2.75) is 38.4 Å². The summed E-state index contributed by atoms with van der Waals surface area (Å²) in [4.78, 5) is 0.